The van der Waals surface area contributed by atoms with Crippen LogP contribution >= 0.6 is 0 Å². The highest BCUT2D eigenvalue weighted by atomic mass is 16.4. The molecule has 0 aliphatic rings. The summed E-state index contributed by atoms with van der Waals surface area (Å²) in [5.74, 6) is -0.386. The van der Waals surface area contributed by atoms with Crippen molar-refractivity contribution in [1.29, 1.82) is 0 Å². The second-order valence-corrected chi connectivity index (χ2v) is 6.10. The van der Waals surface area contributed by atoms with Crippen molar-refractivity contribution >= 4 is 5.97 Å². The zero-order valence-electron chi connectivity index (χ0n) is 12.6. The molecule has 2 heterocycles. The van der Waals surface area contributed by atoms with Crippen LogP contribution in [0.2, 0.25) is 0 Å². The molecule has 0 aromatic carbocycles. The third-order valence-corrected chi connectivity index (χ3v) is 3.38. The summed E-state index contributed by atoms with van der Waals surface area (Å²) in [5.41, 5.74) is 1.31. The Hall–Kier alpha value is -2.31. The SMILES string of the molecule is Cc1cccnc1-c1nnnn1C(CC(=O)O)C(C)(C)C. The topological polar surface area (TPSA) is 93.8 Å². The van der Waals surface area contributed by atoms with E-state index in [0.29, 0.717) is 11.5 Å². The molecule has 2 rings (SSSR count). The second-order valence-electron chi connectivity index (χ2n) is 6.10. The van der Waals surface area contributed by atoms with Crippen LogP contribution in [-0.2, 0) is 4.79 Å². The summed E-state index contributed by atoms with van der Waals surface area (Å²) in [6.45, 7) is 7.83. The molecule has 0 bridgehead atoms. The minimum absolute atomic E-state index is 0.0482. The minimum atomic E-state index is -0.880. The molecule has 1 unspecified atom stereocenters. The Balaban J connectivity index is 2.52. The van der Waals surface area contributed by atoms with E-state index in [9.17, 15) is 4.79 Å². The molecule has 2 aromatic heterocycles. The van der Waals surface area contributed by atoms with E-state index in [1.54, 1.807) is 10.9 Å². The van der Waals surface area contributed by atoms with Gasteiger partial charge in [0.15, 0.2) is 0 Å². The highest BCUT2D eigenvalue weighted by molar-refractivity contribution is 5.67. The van der Waals surface area contributed by atoms with Gasteiger partial charge >= 0.3 is 5.97 Å². The molecule has 0 saturated carbocycles. The Kier molecular flexibility index (Phi) is 4.02. The number of tetrazole rings is 1. The first-order chi connectivity index (χ1) is 9.80. The molecule has 0 fully saturated rings. The van der Waals surface area contributed by atoms with Crippen LogP contribution in [0.15, 0.2) is 18.3 Å². The number of hydrogen-bond acceptors (Lipinski definition) is 5. The van der Waals surface area contributed by atoms with Crippen molar-refractivity contribution in [1.82, 2.24) is 25.2 Å². The lowest BCUT2D eigenvalue weighted by Gasteiger charge is -2.29. The van der Waals surface area contributed by atoms with Gasteiger partial charge in [0, 0.05) is 6.20 Å². The molecule has 0 spiro atoms. The van der Waals surface area contributed by atoms with Crippen LogP contribution in [0.5, 0.6) is 0 Å². The van der Waals surface area contributed by atoms with Gasteiger partial charge in [-0.1, -0.05) is 26.8 Å². The number of rotatable bonds is 4. The van der Waals surface area contributed by atoms with Gasteiger partial charge in [0.1, 0.15) is 5.69 Å². The first-order valence-corrected chi connectivity index (χ1v) is 6.72. The van der Waals surface area contributed by atoms with Gasteiger partial charge in [-0.05, 0) is 34.4 Å². The summed E-state index contributed by atoms with van der Waals surface area (Å²) in [5, 5.41) is 20.9. The normalized spacial score (nSPS) is 13.1. The molecule has 0 aliphatic carbocycles. The van der Waals surface area contributed by atoms with Crippen molar-refractivity contribution < 1.29 is 9.90 Å². The van der Waals surface area contributed by atoms with Crippen LogP contribution in [0.3, 0.4) is 0 Å². The summed E-state index contributed by atoms with van der Waals surface area (Å²) in [6, 6.07) is 3.40. The Labute approximate surface area is 123 Å². The molecule has 21 heavy (non-hydrogen) atoms. The third kappa shape index (κ3) is 3.24. The van der Waals surface area contributed by atoms with E-state index in [4.69, 9.17) is 5.11 Å². The lowest BCUT2D eigenvalue weighted by Crippen LogP contribution is -2.28. The van der Waals surface area contributed by atoms with Gasteiger partial charge in [0.2, 0.25) is 5.82 Å². The first kappa shape index (κ1) is 15.1. The summed E-state index contributed by atoms with van der Waals surface area (Å²) in [4.78, 5) is 15.5. The van der Waals surface area contributed by atoms with E-state index < -0.39 is 5.97 Å². The van der Waals surface area contributed by atoms with Crippen LogP contribution in [-0.4, -0.2) is 36.3 Å². The second kappa shape index (κ2) is 5.59. The molecule has 1 N–H and O–H groups in total. The standard InChI is InChI=1S/C14H19N5O2/c1-9-6-5-7-15-12(9)13-16-17-18-19(13)10(8-11(20)21)14(2,3)4/h5-7,10H,8H2,1-4H3,(H,20,21). The molecule has 7 heteroatoms. The molecule has 0 amide bonds. The van der Waals surface area contributed by atoms with E-state index in [-0.39, 0.29) is 17.9 Å². The third-order valence-electron chi connectivity index (χ3n) is 3.38. The van der Waals surface area contributed by atoms with E-state index >= 15 is 0 Å². The number of hydrogen-bond donors (Lipinski definition) is 1. The molecule has 0 aliphatic heterocycles. The average molecular weight is 289 g/mol. The number of aromatic nitrogens is 5. The quantitative estimate of drug-likeness (QED) is 0.926. The van der Waals surface area contributed by atoms with Crippen LogP contribution < -0.4 is 0 Å². The molecule has 0 radical (unpaired) electrons. The lowest BCUT2D eigenvalue weighted by molar-refractivity contribution is -0.138. The number of aryl methyl sites for hydroxylation is 1. The summed E-state index contributed by atoms with van der Waals surface area (Å²) < 4.78 is 1.57. The maximum atomic E-state index is 11.2. The zero-order chi connectivity index (χ0) is 15.6. The molecular weight excluding hydrogens is 270 g/mol. The number of carboxylic acids is 1. The fraction of sp³-hybridized carbons (Fsp3) is 0.500. The molecule has 1 atom stereocenters. The number of aliphatic carboxylic acids is 1. The van der Waals surface area contributed by atoms with Crippen molar-refractivity contribution in [3.05, 3.63) is 23.9 Å². The zero-order valence-corrected chi connectivity index (χ0v) is 12.6. The maximum Gasteiger partial charge on any atom is 0.305 e. The first-order valence-electron chi connectivity index (χ1n) is 6.72. The molecule has 2 aromatic rings. The Bertz CT molecular complexity index is 645. The van der Waals surface area contributed by atoms with Crippen LogP contribution in [0.1, 0.15) is 38.8 Å². The van der Waals surface area contributed by atoms with Crippen LogP contribution in [0.25, 0.3) is 11.5 Å². The summed E-state index contributed by atoms with van der Waals surface area (Å²) >= 11 is 0. The van der Waals surface area contributed by atoms with E-state index in [1.165, 1.54) is 0 Å². The maximum absolute atomic E-state index is 11.2. The van der Waals surface area contributed by atoms with Crippen molar-refractivity contribution in [3.63, 3.8) is 0 Å². The highest BCUT2D eigenvalue weighted by Gasteiger charge is 2.32. The van der Waals surface area contributed by atoms with Gasteiger partial charge in [0.05, 0.1) is 12.5 Å². The number of pyridine rings is 1. The lowest BCUT2D eigenvalue weighted by atomic mass is 9.84. The molecule has 7 nitrogen and oxygen atoms in total. The van der Waals surface area contributed by atoms with E-state index in [2.05, 4.69) is 20.5 Å². The molecule has 0 saturated heterocycles. The summed E-state index contributed by atoms with van der Waals surface area (Å²) in [6.07, 6.45) is 1.62. The molecule has 112 valence electrons. The predicted molar refractivity (Wildman–Crippen MR) is 76.5 cm³/mol. The van der Waals surface area contributed by atoms with Crippen molar-refractivity contribution in [2.24, 2.45) is 5.41 Å². The molecular formula is C14H19N5O2. The Morgan fingerprint density at radius 2 is 2.14 bits per heavy atom. The van der Waals surface area contributed by atoms with Crippen molar-refractivity contribution in [3.8, 4) is 11.5 Å². The number of carboxylic acid groups (broad SMARTS) is 1. The van der Waals surface area contributed by atoms with E-state index in [1.807, 2.05) is 39.8 Å². The smallest absolute Gasteiger partial charge is 0.305 e. The Morgan fingerprint density at radius 3 is 2.71 bits per heavy atom. The number of nitrogens with zero attached hydrogens (tertiary/aromatic N) is 5. The van der Waals surface area contributed by atoms with Gasteiger partial charge in [-0.3, -0.25) is 9.78 Å². The van der Waals surface area contributed by atoms with Gasteiger partial charge in [-0.25, -0.2) is 4.68 Å². The highest BCUT2D eigenvalue weighted by Crippen LogP contribution is 2.35. The number of carbonyl (C=O) groups is 1. The summed E-state index contributed by atoms with van der Waals surface area (Å²) in [7, 11) is 0. The van der Waals surface area contributed by atoms with Gasteiger partial charge in [-0.15, -0.1) is 5.10 Å². The van der Waals surface area contributed by atoms with Crippen LogP contribution in [0, 0.1) is 12.3 Å². The van der Waals surface area contributed by atoms with Crippen molar-refractivity contribution in [2.45, 2.75) is 40.2 Å². The van der Waals surface area contributed by atoms with Gasteiger partial charge in [-0.2, -0.15) is 0 Å². The largest absolute Gasteiger partial charge is 0.481 e. The minimum Gasteiger partial charge on any atom is -0.481 e. The van der Waals surface area contributed by atoms with Gasteiger partial charge in [0.25, 0.3) is 0 Å². The monoisotopic (exact) mass is 289 g/mol. The fourth-order valence-electron chi connectivity index (χ4n) is 2.20. The van der Waals surface area contributed by atoms with Crippen molar-refractivity contribution in [2.75, 3.05) is 0 Å². The van der Waals surface area contributed by atoms with Gasteiger partial charge < -0.3 is 5.11 Å². The van der Waals surface area contributed by atoms with E-state index in [0.717, 1.165) is 5.56 Å². The van der Waals surface area contributed by atoms with Crippen LogP contribution in [0.4, 0.5) is 0 Å². The Morgan fingerprint density at radius 1 is 1.43 bits per heavy atom. The average Bonchev–Trinajstić information content (AvgIpc) is 2.83. The predicted octanol–water partition coefficient (Wildman–Crippen LogP) is 2.11. The fourth-order valence-corrected chi connectivity index (χ4v) is 2.20.